The molecule has 102 valence electrons. The van der Waals surface area contributed by atoms with Crippen molar-refractivity contribution in [2.75, 3.05) is 19.6 Å². The van der Waals surface area contributed by atoms with Gasteiger partial charge >= 0.3 is 0 Å². The minimum absolute atomic E-state index is 0.324. The summed E-state index contributed by atoms with van der Waals surface area (Å²) in [6, 6.07) is 21.0. The molecule has 2 aromatic carbocycles. The van der Waals surface area contributed by atoms with Gasteiger partial charge in [0.1, 0.15) is 17.2 Å². The van der Waals surface area contributed by atoms with E-state index >= 15 is 0 Å². The molecular weight excluding hydrogens is 248 g/mol. The third-order valence-corrected chi connectivity index (χ3v) is 3.21. The Morgan fingerprint density at radius 1 is 0.950 bits per heavy atom. The zero-order chi connectivity index (χ0) is 14.0. The summed E-state index contributed by atoms with van der Waals surface area (Å²) in [6.45, 7) is 2.12. The summed E-state index contributed by atoms with van der Waals surface area (Å²) < 4.78 is 0. The molecule has 0 aliphatic heterocycles. The lowest BCUT2D eigenvalue weighted by Gasteiger charge is -2.18. The second kappa shape index (κ2) is 8.00. The third kappa shape index (κ3) is 4.12. The van der Waals surface area contributed by atoms with Crippen molar-refractivity contribution in [1.29, 1.82) is 5.53 Å². The van der Waals surface area contributed by atoms with Gasteiger partial charge in [-0.1, -0.05) is 60.7 Å². The lowest BCUT2D eigenvalue weighted by atomic mass is 9.91. The maximum Gasteiger partial charge on any atom is 0.214 e. The molecule has 0 saturated heterocycles. The molecule has 0 bridgehead atoms. The number of rotatable bonds is 7. The van der Waals surface area contributed by atoms with Gasteiger partial charge in [-0.25, -0.2) is 0 Å². The zero-order valence-corrected chi connectivity index (χ0v) is 11.4. The molecular formula is C16H19N4+. The number of hydrogen-bond acceptors (Lipinski definition) is 3. The van der Waals surface area contributed by atoms with Gasteiger partial charge in [-0.15, -0.1) is 0 Å². The quantitative estimate of drug-likeness (QED) is 0.452. The highest BCUT2D eigenvalue weighted by Crippen LogP contribution is 2.23. The first-order valence-electron chi connectivity index (χ1n) is 6.75. The van der Waals surface area contributed by atoms with Crippen molar-refractivity contribution in [3.05, 3.63) is 71.8 Å². The van der Waals surface area contributed by atoms with Crippen LogP contribution in [0, 0.1) is 5.53 Å². The van der Waals surface area contributed by atoms with E-state index in [1.54, 1.807) is 0 Å². The molecule has 0 saturated carbocycles. The topological polar surface area (TPSA) is 62.3 Å². The van der Waals surface area contributed by atoms with Crippen LogP contribution in [0.4, 0.5) is 0 Å². The average molecular weight is 267 g/mol. The molecule has 0 fully saturated rings. The highest BCUT2D eigenvalue weighted by molar-refractivity contribution is 5.32. The molecule has 0 aliphatic carbocycles. The SMILES string of the molecule is N=[N+]=NCCNCC(c1ccccc1)c1ccccc1. The largest absolute Gasteiger partial charge is 0.314 e. The first kappa shape index (κ1) is 14.1. The van der Waals surface area contributed by atoms with Gasteiger partial charge < -0.3 is 5.32 Å². The van der Waals surface area contributed by atoms with Crippen LogP contribution in [-0.4, -0.2) is 19.6 Å². The van der Waals surface area contributed by atoms with E-state index in [1.807, 2.05) is 12.1 Å². The number of benzene rings is 2. The van der Waals surface area contributed by atoms with Gasteiger partial charge in [0.05, 0.1) is 0 Å². The Labute approximate surface area is 119 Å². The molecule has 0 aromatic heterocycles. The van der Waals surface area contributed by atoms with Crippen LogP contribution in [0.15, 0.2) is 65.8 Å². The summed E-state index contributed by atoms with van der Waals surface area (Å²) in [6.07, 6.45) is 0. The molecule has 2 aromatic rings. The van der Waals surface area contributed by atoms with Crippen molar-refractivity contribution < 1.29 is 0 Å². The van der Waals surface area contributed by atoms with E-state index in [2.05, 4.69) is 63.9 Å². The van der Waals surface area contributed by atoms with Crippen LogP contribution in [-0.2, 0) is 0 Å². The van der Waals surface area contributed by atoms with Gasteiger partial charge in [-0.3, -0.25) is 0 Å². The van der Waals surface area contributed by atoms with E-state index < -0.39 is 0 Å². The minimum atomic E-state index is 0.324. The molecule has 0 unspecified atom stereocenters. The standard InChI is InChI=1S/C16H19N4/c17-20-19-12-11-18-13-16(14-7-3-1-4-8-14)15-9-5-2-6-10-15/h1-10,16-18H,11-13H2/q+1. The summed E-state index contributed by atoms with van der Waals surface area (Å²) in [5.41, 5.74) is 9.22. The molecule has 0 atom stereocenters. The normalized spacial score (nSPS) is 10.2. The molecule has 4 heteroatoms. The highest BCUT2D eigenvalue weighted by atomic mass is 15.1. The molecule has 0 heterocycles. The van der Waals surface area contributed by atoms with Crippen LogP contribution in [0.25, 0.3) is 0 Å². The lowest BCUT2D eigenvalue weighted by Crippen LogP contribution is -2.24. The Balaban J connectivity index is 2.07. The number of nitrogens with one attached hydrogen (secondary N) is 2. The van der Waals surface area contributed by atoms with Crippen LogP contribution in [0.5, 0.6) is 0 Å². The van der Waals surface area contributed by atoms with Gasteiger partial charge in [-0.05, 0) is 11.1 Å². The van der Waals surface area contributed by atoms with E-state index in [4.69, 9.17) is 5.53 Å². The van der Waals surface area contributed by atoms with Crippen molar-refractivity contribution in [1.82, 2.24) is 10.2 Å². The maximum atomic E-state index is 6.62. The van der Waals surface area contributed by atoms with Crippen LogP contribution in [0.1, 0.15) is 17.0 Å². The van der Waals surface area contributed by atoms with Crippen LogP contribution < -0.4 is 10.2 Å². The third-order valence-electron chi connectivity index (χ3n) is 3.21. The van der Waals surface area contributed by atoms with Crippen molar-refractivity contribution in [2.45, 2.75) is 5.92 Å². The highest BCUT2D eigenvalue weighted by Gasteiger charge is 2.12. The van der Waals surface area contributed by atoms with Gasteiger partial charge in [0.25, 0.3) is 0 Å². The van der Waals surface area contributed by atoms with Gasteiger partial charge in [-0.2, -0.15) is 0 Å². The molecule has 2 N–H and O–H groups in total. The van der Waals surface area contributed by atoms with Crippen LogP contribution >= 0.6 is 0 Å². The van der Waals surface area contributed by atoms with Crippen molar-refractivity contribution >= 4 is 0 Å². The molecule has 0 radical (unpaired) electrons. The van der Waals surface area contributed by atoms with E-state index in [1.165, 1.54) is 11.1 Å². The predicted molar refractivity (Wildman–Crippen MR) is 79.7 cm³/mol. The lowest BCUT2D eigenvalue weighted by molar-refractivity contribution is 0.630. The van der Waals surface area contributed by atoms with Crippen molar-refractivity contribution in [3.8, 4) is 0 Å². The molecule has 4 nitrogen and oxygen atoms in total. The summed E-state index contributed by atoms with van der Waals surface area (Å²) in [5, 5.41) is 7.02. The predicted octanol–water partition coefficient (Wildman–Crippen LogP) is 2.96. The average Bonchev–Trinajstić information content (AvgIpc) is 2.53. The molecule has 0 amide bonds. The van der Waals surface area contributed by atoms with Crippen molar-refractivity contribution in [2.24, 2.45) is 5.11 Å². The van der Waals surface area contributed by atoms with Crippen molar-refractivity contribution in [3.63, 3.8) is 0 Å². The monoisotopic (exact) mass is 267 g/mol. The summed E-state index contributed by atoms with van der Waals surface area (Å²) >= 11 is 0. The summed E-state index contributed by atoms with van der Waals surface area (Å²) in [5.74, 6) is 0.324. The fraction of sp³-hybridized carbons (Fsp3) is 0.250. The number of hydrogen-bond donors (Lipinski definition) is 2. The Hall–Kier alpha value is -2.29. The Morgan fingerprint density at radius 3 is 2.00 bits per heavy atom. The van der Waals surface area contributed by atoms with Gasteiger partial charge in [0.15, 0.2) is 0 Å². The van der Waals surface area contributed by atoms with E-state index in [9.17, 15) is 0 Å². The van der Waals surface area contributed by atoms with Crippen LogP contribution in [0.2, 0.25) is 0 Å². The second-order valence-electron chi connectivity index (χ2n) is 4.54. The maximum absolute atomic E-state index is 6.62. The van der Waals surface area contributed by atoms with E-state index in [-0.39, 0.29) is 0 Å². The minimum Gasteiger partial charge on any atom is -0.314 e. The summed E-state index contributed by atoms with van der Waals surface area (Å²) in [4.78, 5) is 3.00. The fourth-order valence-electron chi connectivity index (χ4n) is 2.22. The fourth-order valence-corrected chi connectivity index (χ4v) is 2.22. The number of nitrogens with zero attached hydrogens (tertiary/aromatic N) is 2. The first-order chi connectivity index (χ1) is 9.92. The van der Waals surface area contributed by atoms with Gasteiger partial charge in [0.2, 0.25) is 4.91 Å². The first-order valence-corrected chi connectivity index (χ1v) is 6.75. The van der Waals surface area contributed by atoms with E-state index in [0.29, 0.717) is 12.5 Å². The molecule has 20 heavy (non-hydrogen) atoms. The smallest absolute Gasteiger partial charge is 0.214 e. The van der Waals surface area contributed by atoms with Gasteiger partial charge in [0, 0.05) is 19.0 Å². The Kier molecular flexibility index (Phi) is 5.65. The second-order valence-corrected chi connectivity index (χ2v) is 4.54. The molecule has 0 aliphatic rings. The van der Waals surface area contributed by atoms with Crippen LogP contribution in [0.3, 0.4) is 0 Å². The molecule has 0 spiro atoms. The Bertz CT molecular complexity index is 508. The zero-order valence-electron chi connectivity index (χ0n) is 11.4. The Morgan fingerprint density at radius 2 is 1.50 bits per heavy atom. The van der Waals surface area contributed by atoms with E-state index in [0.717, 1.165) is 13.1 Å². The summed E-state index contributed by atoms with van der Waals surface area (Å²) in [7, 11) is 0. The molecule has 2 rings (SSSR count).